The lowest BCUT2D eigenvalue weighted by Crippen LogP contribution is -2.42. The molecule has 2 heterocycles. The van der Waals surface area contributed by atoms with Gasteiger partial charge >= 0.3 is 0 Å². The second kappa shape index (κ2) is 6.22. The van der Waals surface area contributed by atoms with Gasteiger partial charge < -0.3 is 4.90 Å². The Morgan fingerprint density at radius 2 is 2.05 bits per heavy atom. The third-order valence-corrected chi connectivity index (χ3v) is 4.41. The molecule has 21 heavy (non-hydrogen) atoms. The number of carbonyl (C=O) groups excluding carboxylic acids is 1. The highest BCUT2D eigenvalue weighted by Crippen LogP contribution is 2.21. The average molecular weight is 283 g/mol. The van der Waals surface area contributed by atoms with Crippen LogP contribution in [0.2, 0.25) is 0 Å². The van der Waals surface area contributed by atoms with Crippen LogP contribution in [-0.2, 0) is 11.3 Å². The molecule has 1 amide bonds. The van der Waals surface area contributed by atoms with E-state index < -0.39 is 0 Å². The summed E-state index contributed by atoms with van der Waals surface area (Å²) in [6.07, 6.45) is 4.92. The van der Waals surface area contributed by atoms with Crippen molar-refractivity contribution in [2.75, 3.05) is 20.1 Å². The second-order valence-corrected chi connectivity index (χ2v) is 5.78. The molecule has 0 N–H and O–H groups in total. The molecule has 2 aromatic rings. The Balaban J connectivity index is 1.72. The van der Waals surface area contributed by atoms with Gasteiger partial charge in [0.1, 0.15) is 0 Å². The number of hydrogen-bond acceptors (Lipinski definition) is 3. The van der Waals surface area contributed by atoms with E-state index in [2.05, 4.69) is 41.2 Å². The highest BCUT2D eigenvalue weighted by Gasteiger charge is 2.21. The van der Waals surface area contributed by atoms with Crippen LogP contribution < -0.4 is 0 Å². The first kappa shape index (κ1) is 14.0. The van der Waals surface area contributed by atoms with Crippen molar-refractivity contribution in [1.82, 2.24) is 14.8 Å². The molecule has 1 saturated heterocycles. The topological polar surface area (TPSA) is 36.4 Å². The lowest BCUT2D eigenvalue weighted by Gasteiger charge is -2.35. The van der Waals surface area contributed by atoms with Crippen LogP contribution in [-0.4, -0.2) is 47.4 Å². The van der Waals surface area contributed by atoms with Crippen LogP contribution in [0.15, 0.2) is 36.5 Å². The third-order valence-electron chi connectivity index (χ3n) is 4.41. The fourth-order valence-corrected chi connectivity index (χ4v) is 3.12. The molecule has 0 unspecified atom stereocenters. The minimum absolute atomic E-state index is 0.542. The van der Waals surface area contributed by atoms with Gasteiger partial charge in [-0.2, -0.15) is 0 Å². The summed E-state index contributed by atoms with van der Waals surface area (Å²) in [4.78, 5) is 19.6. The summed E-state index contributed by atoms with van der Waals surface area (Å²) in [6, 6.07) is 11.0. The summed E-state index contributed by atoms with van der Waals surface area (Å²) < 4.78 is 0. The number of benzene rings is 1. The molecule has 110 valence electrons. The van der Waals surface area contributed by atoms with Crippen LogP contribution in [0.4, 0.5) is 0 Å². The normalized spacial score (nSPS) is 16.6. The van der Waals surface area contributed by atoms with E-state index in [0.29, 0.717) is 6.04 Å². The Bertz CT molecular complexity index is 615. The molecule has 1 aliphatic heterocycles. The number of piperidine rings is 1. The lowest BCUT2D eigenvalue weighted by molar-refractivity contribution is -0.119. The number of aromatic nitrogens is 1. The van der Waals surface area contributed by atoms with Gasteiger partial charge in [-0.1, -0.05) is 24.3 Å². The summed E-state index contributed by atoms with van der Waals surface area (Å²) in [5.41, 5.74) is 2.37. The maximum absolute atomic E-state index is 10.8. The number of hydrogen-bond donors (Lipinski definition) is 0. The van der Waals surface area contributed by atoms with E-state index in [9.17, 15) is 4.79 Å². The number of carbonyl (C=O) groups is 1. The minimum Gasteiger partial charge on any atom is -0.345 e. The first-order valence-electron chi connectivity index (χ1n) is 7.50. The van der Waals surface area contributed by atoms with Crippen LogP contribution in [0.25, 0.3) is 10.9 Å². The molecule has 0 saturated carbocycles. The van der Waals surface area contributed by atoms with Crippen LogP contribution in [0.3, 0.4) is 0 Å². The number of para-hydroxylation sites is 1. The van der Waals surface area contributed by atoms with E-state index in [1.165, 1.54) is 10.9 Å². The molecule has 0 radical (unpaired) electrons. The molecule has 0 aliphatic carbocycles. The maximum atomic E-state index is 10.8. The monoisotopic (exact) mass is 283 g/mol. The Morgan fingerprint density at radius 3 is 2.81 bits per heavy atom. The SMILES string of the molecule is CN(Cc1cccc2cccnc12)C1CCN(C=O)CC1. The van der Waals surface area contributed by atoms with Crippen molar-refractivity contribution in [3.8, 4) is 0 Å². The van der Waals surface area contributed by atoms with E-state index in [0.717, 1.165) is 44.4 Å². The molecule has 3 rings (SSSR count). The Hall–Kier alpha value is -1.94. The number of rotatable bonds is 4. The van der Waals surface area contributed by atoms with Gasteiger partial charge in [-0.15, -0.1) is 0 Å². The average Bonchev–Trinajstić information content (AvgIpc) is 2.55. The molecule has 0 spiro atoms. The molecule has 1 aromatic heterocycles. The first-order chi connectivity index (χ1) is 10.3. The van der Waals surface area contributed by atoms with Gasteiger partial charge in [-0.3, -0.25) is 14.7 Å². The van der Waals surface area contributed by atoms with Crippen LogP contribution in [0.5, 0.6) is 0 Å². The molecule has 1 fully saturated rings. The van der Waals surface area contributed by atoms with Crippen molar-refractivity contribution in [2.45, 2.75) is 25.4 Å². The zero-order chi connectivity index (χ0) is 14.7. The van der Waals surface area contributed by atoms with Gasteiger partial charge in [0.05, 0.1) is 5.52 Å². The fraction of sp³-hybridized carbons (Fsp3) is 0.412. The number of likely N-dealkylation sites (tertiary alicyclic amines) is 1. The summed E-state index contributed by atoms with van der Waals surface area (Å²) >= 11 is 0. The molecular formula is C17H21N3O. The number of fused-ring (bicyclic) bond motifs is 1. The van der Waals surface area contributed by atoms with Gasteiger partial charge in [0.15, 0.2) is 0 Å². The molecule has 1 aromatic carbocycles. The standard InChI is InChI=1S/C17H21N3O/c1-19(16-7-10-20(13-21)11-8-16)12-15-5-2-4-14-6-3-9-18-17(14)15/h2-6,9,13,16H,7-8,10-12H2,1H3. The Morgan fingerprint density at radius 1 is 1.29 bits per heavy atom. The van der Waals surface area contributed by atoms with Crippen LogP contribution >= 0.6 is 0 Å². The van der Waals surface area contributed by atoms with Crippen molar-refractivity contribution in [2.24, 2.45) is 0 Å². The van der Waals surface area contributed by atoms with E-state index in [1.54, 1.807) is 0 Å². The van der Waals surface area contributed by atoms with Gasteiger partial charge in [0, 0.05) is 37.3 Å². The Labute approximate surface area is 125 Å². The summed E-state index contributed by atoms with van der Waals surface area (Å²) in [5, 5.41) is 1.19. The van der Waals surface area contributed by atoms with Crippen molar-refractivity contribution in [3.05, 3.63) is 42.1 Å². The predicted octanol–water partition coefficient (Wildman–Crippen LogP) is 2.29. The van der Waals surface area contributed by atoms with Crippen molar-refractivity contribution < 1.29 is 4.79 Å². The number of pyridine rings is 1. The third kappa shape index (κ3) is 3.05. The van der Waals surface area contributed by atoms with Crippen molar-refractivity contribution in [3.63, 3.8) is 0 Å². The minimum atomic E-state index is 0.542. The predicted molar refractivity (Wildman–Crippen MR) is 83.9 cm³/mol. The molecule has 0 atom stereocenters. The van der Waals surface area contributed by atoms with Gasteiger partial charge in [-0.25, -0.2) is 0 Å². The lowest BCUT2D eigenvalue weighted by atomic mass is 10.0. The Kier molecular flexibility index (Phi) is 4.15. The van der Waals surface area contributed by atoms with Crippen LogP contribution in [0, 0.1) is 0 Å². The largest absolute Gasteiger partial charge is 0.345 e. The van der Waals surface area contributed by atoms with E-state index in [4.69, 9.17) is 0 Å². The van der Waals surface area contributed by atoms with Gasteiger partial charge in [0.25, 0.3) is 0 Å². The van der Waals surface area contributed by atoms with Crippen molar-refractivity contribution in [1.29, 1.82) is 0 Å². The zero-order valence-electron chi connectivity index (χ0n) is 12.4. The first-order valence-corrected chi connectivity index (χ1v) is 7.50. The maximum Gasteiger partial charge on any atom is 0.209 e. The molecule has 4 heteroatoms. The summed E-state index contributed by atoms with van der Waals surface area (Å²) in [6.45, 7) is 2.64. The van der Waals surface area contributed by atoms with E-state index >= 15 is 0 Å². The number of nitrogens with zero attached hydrogens (tertiary/aromatic N) is 3. The molecular weight excluding hydrogens is 262 g/mol. The van der Waals surface area contributed by atoms with Crippen LogP contribution in [0.1, 0.15) is 18.4 Å². The quantitative estimate of drug-likeness (QED) is 0.808. The smallest absolute Gasteiger partial charge is 0.209 e. The zero-order valence-corrected chi connectivity index (χ0v) is 12.4. The molecule has 4 nitrogen and oxygen atoms in total. The van der Waals surface area contributed by atoms with Crippen molar-refractivity contribution >= 4 is 17.3 Å². The highest BCUT2D eigenvalue weighted by atomic mass is 16.1. The summed E-state index contributed by atoms with van der Waals surface area (Å²) in [7, 11) is 2.17. The summed E-state index contributed by atoms with van der Waals surface area (Å²) in [5.74, 6) is 0. The van der Waals surface area contributed by atoms with Gasteiger partial charge in [-0.05, 0) is 31.5 Å². The second-order valence-electron chi connectivity index (χ2n) is 5.78. The number of amides is 1. The van der Waals surface area contributed by atoms with E-state index in [-0.39, 0.29) is 0 Å². The molecule has 0 bridgehead atoms. The fourth-order valence-electron chi connectivity index (χ4n) is 3.12. The molecule has 1 aliphatic rings. The van der Waals surface area contributed by atoms with Gasteiger partial charge in [0.2, 0.25) is 6.41 Å². The highest BCUT2D eigenvalue weighted by molar-refractivity contribution is 5.81. The van der Waals surface area contributed by atoms with E-state index in [1.807, 2.05) is 17.2 Å².